The molecule has 0 saturated carbocycles. The van der Waals surface area contributed by atoms with Crippen LogP contribution in [-0.4, -0.2) is 17.0 Å². The third-order valence-electron chi connectivity index (χ3n) is 4.08. The number of rotatable bonds is 6. The van der Waals surface area contributed by atoms with Crippen LogP contribution >= 0.6 is 11.6 Å². The molecule has 1 amide bonds. The molecule has 0 atom stereocenters. The molecule has 26 heavy (non-hydrogen) atoms. The van der Waals surface area contributed by atoms with Crippen LogP contribution in [0.3, 0.4) is 0 Å². The number of hydrogen-bond donors (Lipinski definition) is 1. The first-order chi connectivity index (χ1) is 12.6. The maximum absolute atomic E-state index is 12.3. The molecule has 0 aliphatic heterocycles. The third kappa shape index (κ3) is 4.41. The van der Waals surface area contributed by atoms with Crippen LogP contribution in [0.4, 0.5) is 0 Å². The summed E-state index contributed by atoms with van der Waals surface area (Å²) < 4.78 is 1.44. The number of carbonyl (C=O) groups is 1. The maximum atomic E-state index is 12.3. The van der Waals surface area contributed by atoms with Gasteiger partial charge >= 0.3 is 0 Å². The average molecular weight is 367 g/mol. The molecule has 4 nitrogen and oxygen atoms in total. The van der Waals surface area contributed by atoms with Gasteiger partial charge in [-0.05, 0) is 24.1 Å². The van der Waals surface area contributed by atoms with Gasteiger partial charge in [-0.1, -0.05) is 66.2 Å². The van der Waals surface area contributed by atoms with Gasteiger partial charge in [0.05, 0.1) is 5.69 Å². The van der Waals surface area contributed by atoms with Crippen LogP contribution in [0.2, 0.25) is 5.02 Å². The number of halogens is 1. The van der Waals surface area contributed by atoms with Crippen molar-refractivity contribution in [1.82, 2.24) is 9.88 Å². The van der Waals surface area contributed by atoms with E-state index in [1.54, 1.807) is 18.2 Å². The van der Waals surface area contributed by atoms with Crippen LogP contribution in [0.1, 0.15) is 5.56 Å². The highest BCUT2D eigenvalue weighted by Gasteiger charge is 2.12. The highest BCUT2D eigenvalue weighted by molar-refractivity contribution is 6.33. The van der Waals surface area contributed by atoms with Gasteiger partial charge in [-0.3, -0.25) is 14.2 Å². The van der Waals surface area contributed by atoms with E-state index in [1.807, 2.05) is 48.5 Å². The summed E-state index contributed by atoms with van der Waals surface area (Å²) in [5.41, 5.74) is 2.27. The topological polar surface area (TPSA) is 51.1 Å². The lowest BCUT2D eigenvalue weighted by Gasteiger charge is -2.14. The van der Waals surface area contributed by atoms with Crippen molar-refractivity contribution in [2.75, 3.05) is 6.54 Å². The zero-order valence-electron chi connectivity index (χ0n) is 14.2. The largest absolute Gasteiger partial charge is 0.354 e. The Morgan fingerprint density at radius 3 is 2.42 bits per heavy atom. The van der Waals surface area contributed by atoms with Crippen molar-refractivity contribution in [2.24, 2.45) is 0 Å². The van der Waals surface area contributed by atoms with Gasteiger partial charge in [0.2, 0.25) is 5.91 Å². The van der Waals surface area contributed by atoms with Crippen LogP contribution in [0.5, 0.6) is 0 Å². The predicted molar refractivity (Wildman–Crippen MR) is 104 cm³/mol. The first-order valence-corrected chi connectivity index (χ1v) is 8.78. The molecule has 0 unspecified atom stereocenters. The molecule has 0 aliphatic carbocycles. The minimum absolute atomic E-state index is 0.0466. The molecule has 0 spiro atoms. The fourth-order valence-electron chi connectivity index (χ4n) is 2.78. The molecular weight excluding hydrogens is 348 g/mol. The van der Waals surface area contributed by atoms with Gasteiger partial charge in [0, 0.05) is 23.2 Å². The van der Waals surface area contributed by atoms with Crippen LogP contribution < -0.4 is 10.9 Å². The molecule has 5 heteroatoms. The van der Waals surface area contributed by atoms with Gasteiger partial charge < -0.3 is 5.32 Å². The fraction of sp³-hybridized carbons (Fsp3) is 0.143. The van der Waals surface area contributed by atoms with E-state index in [-0.39, 0.29) is 18.0 Å². The van der Waals surface area contributed by atoms with Gasteiger partial charge in [-0.25, -0.2) is 0 Å². The number of nitrogens with one attached hydrogen (secondary N) is 1. The fourth-order valence-corrected chi connectivity index (χ4v) is 3.01. The molecule has 0 fully saturated rings. The standard InChI is InChI=1S/C21H19ClN2O2/c22-18-10-5-4-9-17(18)19-11-6-12-21(26)24(19)15-20(25)23-14-13-16-7-2-1-3-8-16/h1-12H,13-15H2,(H,23,25). The lowest BCUT2D eigenvalue weighted by molar-refractivity contribution is -0.121. The second-order valence-corrected chi connectivity index (χ2v) is 6.31. The van der Waals surface area contributed by atoms with Crippen LogP contribution in [-0.2, 0) is 17.8 Å². The predicted octanol–water partition coefficient (Wildman–Crippen LogP) is 3.53. The summed E-state index contributed by atoms with van der Waals surface area (Å²) in [6, 6.07) is 22.1. The summed E-state index contributed by atoms with van der Waals surface area (Å²) in [6.45, 7) is 0.473. The lowest BCUT2D eigenvalue weighted by atomic mass is 10.1. The molecule has 1 aromatic heterocycles. The number of amides is 1. The Balaban J connectivity index is 1.72. The van der Waals surface area contributed by atoms with Crippen molar-refractivity contribution in [1.29, 1.82) is 0 Å². The third-order valence-corrected chi connectivity index (χ3v) is 4.41. The van der Waals surface area contributed by atoms with E-state index in [0.717, 1.165) is 17.5 Å². The first kappa shape index (κ1) is 18.0. The molecular formula is C21H19ClN2O2. The molecule has 2 aromatic carbocycles. The van der Waals surface area contributed by atoms with E-state index < -0.39 is 0 Å². The molecule has 132 valence electrons. The Morgan fingerprint density at radius 2 is 1.65 bits per heavy atom. The monoisotopic (exact) mass is 366 g/mol. The number of carbonyl (C=O) groups excluding carboxylic acids is 1. The normalized spacial score (nSPS) is 10.5. The number of hydrogen-bond acceptors (Lipinski definition) is 2. The van der Waals surface area contributed by atoms with Gasteiger partial charge in [-0.2, -0.15) is 0 Å². The average Bonchev–Trinajstić information content (AvgIpc) is 2.65. The van der Waals surface area contributed by atoms with Gasteiger partial charge in [0.25, 0.3) is 5.56 Å². The van der Waals surface area contributed by atoms with Crippen molar-refractivity contribution < 1.29 is 4.79 Å². The highest BCUT2D eigenvalue weighted by Crippen LogP contribution is 2.26. The van der Waals surface area contributed by atoms with E-state index in [4.69, 9.17) is 11.6 Å². The van der Waals surface area contributed by atoms with E-state index in [0.29, 0.717) is 17.3 Å². The maximum Gasteiger partial charge on any atom is 0.251 e. The molecule has 3 rings (SSSR count). The Morgan fingerprint density at radius 1 is 0.923 bits per heavy atom. The molecule has 3 aromatic rings. The van der Waals surface area contributed by atoms with E-state index in [2.05, 4.69) is 5.32 Å². The van der Waals surface area contributed by atoms with Gasteiger partial charge in [0.15, 0.2) is 0 Å². The molecule has 1 heterocycles. The van der Waals surface area contributed by atoms with Gasteiger partial charge in [-0.15, -0.1) is 0 Å². The zero-order chi connectivity index (χ0) is 18.4. The summed E-state index contributed by atoms with van der Waals surface area (Å²) in [4.78, 5) is 24.6. The Bertz CT molecular complexity index is 951. The molecule has 0 saturated heterocycles. The van der Waals surface area contributed by atoms with E-state index >= 15 is 0 Å². The number of benzene rings is 2. The van der Waals surface area contributed by atoms with Crippen molar-refractivity contribution >= 4 is 17.5 Å². The smallest absolute Gasteiger partial charge is 0.251 e. The summed E-state index contributed by atoms with van der Waals surface area (Å²) >= 11 is 6.26. The molecule has 1 N–H and O–H groups in total. The Kier molecular flexibility index (Phi) is 5.87. The number of pyridine rings is 1. The zero-order valence-corrected chi connectivity index (χ0v) is 14.9. The number of aromatic nitrogens is 1. The summed E-state index contributed by atoms with van der Waals surface area (Å²) in [7, 11) is 0. The summed E-state index contributed by atoms with van der Waals surface area (Å²) in [6.07, 6.45) is 0.744. The van der Waals surface area contributed by atoms with Crippen molar-refractivity contribution in [3.63, 3.8) is 0 Å². The van der Waals surface area contributed by atoms with Crippen LogP contribution in [0.15, 0.2) is 77.6 Å². The highest BCUT2D eigenvalue weighted by atomic mass is 35.5. The SMILES string of the molecule is O=C(Cn1c(-c2ccccc2Cl)cccc1=O)NCCc1ccccc1. The molecule has 0 radical (unpaired) electrons. The molecule has 0 bridgehead atoms. The van der Waals surface area contributed by atoms with Crippen molar-refractivity contribution in [3.05, 3.63) is 93.7 Å². The molecule has 0 aliphatic rings. The summed E-state index contributed by atoms with van der Waals surface area (Å²) in [5, 5.41) is 3.41. The van der Waals surface area contributed by atoms with Crippen molar-refractivity contribution in [2.45, 2.75) is 13.0 Å². The Labute approximate surface area is 157 Å². The van der Waals surface area contributed by atoms with Crippen LogP contribution in [0.25, 0.3) is 11.3 Å². The Hall–Kier alpha value is -2.85. The second-order valence-electron chi connectivity index (χ2n) is 5.90. The lowest BCUT2D eigenvalue weighted by Crippen LogP contribution is -2.33. The number of nitrogens with zero attached hydrogens (tertiary/aromatic N) is 1. The van der Waals surface area contributed by atoms with Gasteiger partial charge in [0.1, 0.15) is 6.54 Å². The second kappa shape index (κ2) is 8.50. The minimum atomic E-state index is -0.236. The van der Waals surface area contributed by atoms with E-state index in [9.17, 15) is 9.59 Å². The summed E-state index contributed by atoms with van der Waals surface area (Å²) in [5.74, 6) is -0.206. The van der Waals surface area contributed by atoms with E-state index in [1.165, 1.54) is 10.6 Å². The quantitative estimate of drug-likeness (QED) is 0.725. The first-order valence-electron chi connectivity index (χ1n) is 8.40. The minimum Gasteiger partial charge on any atom is -0.354 e. The van der Waals surface area contributed by atoms with Crippen molar-refractivity contribution in [3.8, 4) is 11.3 Å². The van der Waals surface area contributed by atoms with Crippen LogP contribution in [0, 0.1) is 0 Å².